The van der Waals surface area contributed by atoms with E-state index in [0.717, 1.165) is 30.4 Å². The molecule has 3 fully saturated rings. The number of ether oxygens (including phenoxy) is 1. The maximum atomic E-state index is 6.29. The number of hydrogen-bond donors (Lipinski definition) is 1. The first-order valence-corrected chi connectivity index (χ1v) is 9.87. The van der Waals surface area contributed by atoms with Crippen LogP contribution in [-0.2, 0) is 4.74 Å². The van der Waals surface area contributed by atoms with Gasteiger partial charge in [0.25, 0.3) is 0 Å². The summed E-state index contributed by atoms with van der Waals surface area (Å²) in [6.45, 7) is 4.39. The summed E-state index contributed by atoms with van der Waals surface area (Å²) in [6, 6.07) is 0.732. The molecular formula is C17H31NOS. The standard InChI is InChI=1S/C17H31NOS/c1-2-18-16(15-7-6-12-20-15)14-8-11-19-17(13-14)9-4-3-5-10-17/h14-16,18H,2-13H2,1H3. The molecule has 1 spiro atoms. The van der Waals surface area contributed by atoms with Crippen LogP contribution in [0.1, 0.15) is 64.7 Å². The van der Waals surface area contributed by atoms with Crippen LogP contribution in [0.25, 0.3) is 0 Å². The normalized spacial score (nSPS) is 35.2. The van der Waals surface area contributed by atoms with Gasteiger partial charge in [0.1, 0.15) is 0 Å². The Balaban J connectivity index is 1.66. The molecule has 2 heterocycles. The van der Waals surface area contributed by atoms with E-state index >= 15 is 0 Å². The fourth-order valence-electron chi connectivity index (χ4n) is 4.64. The molecule has 1 saturated carbocycles. The van der Waals surface area contributed by atoms with Crippen molar-refractivity contribution < 1.29 is 4.74 Å². The Kier molecular flexibility index (Phi) is 5.33. The van der Waals surface area contributed by atoms with Crippen molar-refractivity contribution in [2.45, 2.75) is 81.6 Å². The van der Waals surface area contributed by atoms with Crippen LogP contribution < -0.4 is 5.32 Å². The fraction of sp³-hybridized carbons (Fsp3) is 1.00. The molecule has 3 rings (SSSR count). The van der Waals surface area contributed by atoms with Crippen molar-refractivity contribution in [1.29, 1.82) is 0 Å². The van der Waals surface area contributed by atoms with Gasteiger partial charge in [-0.25, -0.2) is 0 Å². The van der Waals surface area contributed by atoms with Crippen LogP contribution in [0.4, 0.5) is 0 Å². The Morgan fingerprint density at radius 3 is 2.75 bits per heavy atom. The van der Waals surface area contributed by atoms with Gasteiger partial charge >= 0.3 is 0 Å². The Bertz CT molecular complexity index is 292. The van der Waals surface area contributed by atoms with E-state index in [1.54, 1.807) is 0 Å². The lowest BCUT2D eigenvalue weighted by atomic mass is 9.73. The summed E-state index contributed by atoms with van der Waals surface area (Å²) in [5.74, 6) is 2.22. The average Bonchev–Trinajstić information content (AvgIpc) is 2.99. The highest BCUT2D eigenvalue weighted by atomic mass is 32.2. The molecule has 3 unspecified atom stereocenters. The monoisotopic (exact) mass is 297 g/mol. The maximum absolute atomic E-state index is 6.29. The van der Waals surface area contributed by atoms with Crippen molar-refractivity contribution in [3.63, 3.8) is 0 Å². The van der Waals surface area contributed by atoms with Crippen molar-refractivity contribution >= 4 is 11.8 Å². The van der Waals surface area contributed by atoms with E-state index in [1.807, 2.05) is 0 Å². The Morgan fingerprint density at radius 2 is 2.05 bits per heavy atom. The van der Waals surface area contributed by atoms with Crippen molar-refractivity contribution in [2.24, 2.45) is 5.92 Å². The third-order valence-electron chi connectivity index (χ3n) is 5.61. The highest BCUT2D eigenvalue weighted by Crippen LogP contribution is 2.44. The topological polar surface area (TPSA) is 21.3 Å². The molecular weight excluding hydrogens is 266 g/mol. The van der Waals surface area contributed by atoms with Crippen molar-refractivity contribution in [3.8, 4) is 0 Å². The lowest BCUT2D eigenvalue weighted by molar-refractivity contribution is -0.121. The van der Waals surface area contributed by atoms with E-state index in [4.69, 9.17) is 4.74 Å². The van der Waals surface area contributed by atoms with Gasteiger partial charge in [-0.2, -0.15) is 11.8 Å². The van der Waals surface area contributed by atoms with Gasteiger partial charge in [0.15, 0.2) is 0 Å². The summed E-state index contributed by atoms with van der Waals surface area (Å²) in [6.07, 6.45) is 12.3. The largest absolute Gasteiger partial charge is 0.375 e. The van der Waals surface area contributed by atoms with E-state index < -0.39 is 0 Å². The van der Waals surface area contributed by atoms with Crippen molar-refractivity contribution in [3.05, 3.63) is 0 Å². The van der Waals surface area contributed by atoms with E-state index in [-0.39, 0.29) is 5.60 Å². The molecule has 0 radical (unpaired) electrons. The summed E-state index contributed by atoms with van der Waals surface area (Å²) in [5.41, 5.74) is 0.262. The Morgan fingerprint density at radius 1 is 1.20 bits per heavy atom. The zero-order chi connectivity index (χ0) is 13.8. The first-order valence-electron chi connectivity index (χ1n) is 8.82. The van der Waals surface area contributed by atoms with Gasteiger partial charge in [-0.05, 0) is 56.7 Å². The summed E-state index contributed by atoms with van der Waals surface area (Å²) >= 11 is 2.22. The van der Waals surface area contributed by atoms with Gasteiger partial charge in [-0.3, -0.25) is 0 Å². The van der Waals surface area contributed by atoms with Crippen LogP contribution in [0.5, 0.6) is 0 Å². The molecule has 1 aliphatic carbocycles. The molecule has 0 aromatic carbocycles. The van der Waals surface area contributed by atoms with E-state index in [2.05, 4.69) is 24.0 Å². The molecule has 0 amide bonds. The quantitative estimate of drug-likeness (QED) is 0.848. The molecule has 116 valence electrons. The summed E-state index contributed by atoms with van der Waals surface area (Å²) in [4.78, 5) is 0. The number of thioether (sulfide) groups is 1. The van der Waals surface area contributed by atoms with Crippen LogP contribution in [0.2, 0.25) is 0 Å². The average molecular weight is 298 g/mol. The van der Waals surface area contributed by atoms with Gasteiger partial charge in [-0.15, -0.1) is 0 Å². The summed E-state index contributed by atoms with van der Waals surface area (Å²) < 4.78 is 6.29. The molecule has 0 aromatic heterocycles. The third kappa shape index (κ3) is 3.36. The molecule has 2 nitrogen and oxygen atoms in total. The number of nitrogens with one attached hydrogen (secondary N) is 1. The second-order valence-corrected chi connectivity index (χ2v) is 8.33. The number of hydrogen-bond acceptors (Lipinski definition) is 3. The van der Waals surface area contributed by atoms with E-state index in [1.165, 1.54) is 63.5 Å². The van der Waals surface area contributed by atoms with Crippen LogP contribution in [0, 0.1) is 5.92 Å². The molecule has 20 heavy (non-hydrogen) atoms. The molecule has 0 aromatic rings. The Labute approximate surface area is 128 Å². The summed E-state index contributed by atoms with van der Waals surface area (Å²) in [7, 11) is 0. The van der Waals surface area contributed by atoms with E-state index in [0.29, 0.717) is 0 Å². The first kappa shape index (κ1) is 15.2. The van der Waals surface area contributed by atoms with Crippen LogP contribution in [0.15, 0.2) is 0 Å². The zero-order valence-corrected chi connectivity index (χ0v) is 13.9. The van der Waals surface area contributed by atoms with Gasteiger partial charge in [0.2, 0.25) is 0 Å². The molecule has 1 N–H and O–H groups in total. The highest BCUT2D eigenvalue weighted by molar-refractivity contribution is 8.00. The smallest absolute Gasteiger partial charge is 0.0685 e. The fourth-order valence-corrected chi connectivity index (χ4v) is 6.14. The highest BCUT2D eigenvalue weighted by Gasteiger charge is 2.42. The van der Waals surface area contributed by atoms with E-state index in [9.17, 15) is 0 Å². The van der Waals surface area contributed by atoms with Gasteiger partial charge in [0, 0.05) is 17.9 Å². The summed E-state index contributed by atoms with van der Waals surface area (Å²) in [5, 5.41) is 4.70. The second-order valence-electron chi connectivity index (χ2n) is 6.98. The predicted molar refractivity (Wildman–Crippen MR) is 87.4 cm³/mol. The Hall–Kier alpha value is 0.270. The molecule has 3 heteroatoms. The SMILES string of the molecule is CCNC(C1CCOC2(CCCCC2)C1)C1CCCS1. The van der Waals surface area contributed by atoms with Gasteiger partial charge in [-0.1, -0.05) is 26.2 Å². The molecule has 2 aliphatic heterocycles. The van der Waals surface area contributed by atoms with Crippen molar-refractivity contribution in [1.82, 2.24) is 5.32 Å². The van der Waals surface area contributed by atoms with Gasteiger partial charge in [0.05, 0.1) is 5.60 Å². The van der Waals surface area contributed by atoms with Crippen LogP contribution in [0.3, 0.4) is 0 Å². The lowest BCUT2D eigenvalue weighted by Crippen LogP contribution is -2.50. The van der Waals surface area contributed by atoms with Crippen LogP contribution >= 0.6 is 11.8 Å². The van der Waals surface area contributed by atoms with Crippen LogP contribution in [-0.4, -0.2) is 35.8 Å². The third-order valence-corrected chi connectivity index (χ3v) is 7.09. The van der Waals surface area contributed by atoms with Crippen molar-refractivity contribution in [2.75, 3.05) is 18.9 Å². The van der Waals surface area contributed by atoms with Gasteiger partial charge < -0.3 is 10.1 Å². The second kappa shape index (κ2) is 7.02. The zero-order valence-electron chi connectivity index (χ0n) is 13.0. The number of rotatable bonds is 4. The molecule has 0 bridgehead atoms. The first-order chi connectivity index (χ1) is 9.83. The maximum Gasteiger partial charge on any atom is 0.0685 e. The predicted octanol–water partition coefficient (Wildman–Crippen LogP) is 3.99. The molecule has 3 aliphatic rings. The minimum absolute atomic E-state index is 0.262. The lowest BCUT2D eigenvalue weighted by Gasteiger charge is -2.46. The molecule has 2 saturated heterocycles. The molecule has 3 atom stereocenters. The minimum atomic E-state index is 0.262. The minimum Gasteiger partial charge on any atom is -0.375 e.